The van der Waals surface area contributed by atoms with E-state index >= 15 is 0 Å². The van der Waals surface area contributed by atoms with Crippen LogP contribution in [-0.2, 0) is 12.8 Å². The Balaban J connectivity index is 3.26. The van der Waals surface area contributed by atoms with Gasteiger partial charge in [0.25, 0.3) is 0 Å². The molecule has 2 N–H and O–H groups in total. The monoisotopic (exact) mass is 291 g/mol. The van der Waals surface area contributed by atoms with Gasteiger partial charge < -0.3 is 15.1 Å². The zero-order chi connectivity index (χ0) is 15.3. The maximum absolute atomic E-state index is 13.2. The fourth-order valence-corrected chi connectivity index (χ4v) is 2.06. The Labute approximate surface area is 116 Å². The van der Waals surface area contributed by atoms with E-state index in [1.54, 1.807) is 18.7 Å². The molecule has 0 heterocycles. The average Bonchev–Trinajstić information content (AvgIpc) is 2.37. The normalized spacial score (nSPS) is 12.0. The van der Waals surface area contributed by atoms with Crippen LogP contribution < -0.4 is 4.90 Å². The SMILES string of the molecule is CC(C)N(CCCO)c1ccc(CO)cc1C(F)(F)F. The summed E-state index contributed by atoms with van der Waals surface area (Å²) in [6.07, 6.45) is -4.08. The summed E-state index contributed by atoms with van der Waals surface area (Å²) < 4.78 is 39.5. The van der Waals surface area contributed by atoms with Gasteiger partial charge >= 0.3 is 6.18 Å². The Bertz CT molecular complexity index is 433. The summed E-state index contributed by atoms with van der Waals surface area (Å²) in [6, 6.07) is 3.72. The van der Waals surface area contributed by atoms with Gasteiger partial charge in [-0.2, -0.15) is 13.2 Å². The lowest BCUT2D eigenvalue weighted by Gasteiger charge is -2.31. The zero-order valence-electron chi connectivity index (χ0n) is 11.6. The van der Waals surface area contributed by atoms with E-state index in [1.165, 1.54) is 12.1 Å². The number of aliphatic hydroxyl groups is 2. The average molecular weight is 291 g/mol. The van der Waals surface area contributed by atoms with Gasteiger partial charge in [0, 0.05) is 24.9 Å². The van der Waals surface area contributed by atoms with Gasteiger partial charge in [-0.1, -0.05) is 6.07 Å². The molecule has 0 spiro atoms. The molecular formula is C14H20F3NO2. The van der Waals surface area contributed by atoms with E-state index in [1.807, 2.05) is 0 Å². The number of aliphatic hydroxyl groups excluding tert-OH is 2. The van der Waals surface area contributed by atoms with Crippen molar-refractivity contribution in [3.63, 3.8) is 0 Å². The first-order valence-corrected chi connectivity index (χ1v) is 6.49. The summed E-state index contributed by atoms with van der Waals surface area (Å²) in [5.41, 5.74) is -0.444. The topological polar surface area (TPSA) is 43.7 Å². The molecule has 6 heteroatoms. The van der Waals surface area contributed by atoms with Crippen LogP contribution in [0.1, 0.15) is 31.4 Å². The van der Waals surface area contributed by atoms with Gasteiger partial charge in [-0.25, -0.2) is 0 Å². The van der Waals surface area contributed by atoms with Gasteiger partial charge in [-0.05, 0) is 38.0 Å². The van der Waals surface area contributed by atoms with Crippen molar-refractivity contribution >= 4 is 5.69 Å². The molecule has 20 heavy (non-hydrogen) atoms. The molecule has 114 valence electrons. The summed E-state index contributed by atoms with van der Waals surface area (Å²) in [5, 5.41) is 17.9. The number of hydrogen-bond donors (Lipinski definition) is 2. The van der Waals surface area contributed by atoms with Crippen molar-refractivity contribution in [2.24, 2.45) is 0 Å². The first kappa shape index (κ1) is 16.8. The van der Waals surface area contributed by atoms with Gasteiger partial charge in [0.15, 0.2) is 0 Å². The third-order valence-corrected chi connectivity index (χ3v) is 3.04. The summed E-state index contributed by atoms with van der Waals surface area (Å²) in [7, 11) is 0. The van der Waals surface area contributed by atoms with Gasteiger partial charge in [0.2, 0.25) is 0 Å². The molecule has 1 aromatic rings. The lowest BCUT2D eigenvalue weighted by Crippen LogP contribution is -2.34. The highest BCUT2D eigenvalue weighted by Gasteiger charge is 2.35. The van der Waals surface area contributed by atoms with Crippen LogP contribution in [0.2, 0.25) is 0 Å². The molecule has 0 saturated heterocycles. The fraction of sp³-hybridized carbons (Fsp3) is 0.571. The number of halogens is 3. The van der Waals surface area contributed by atoms with Crippen LogP contribution in [0.25, 0.3) is 0 Å². The lowest BCUT2D eigenvalue weighted by atomic mass is 10.1. The molecule has 0 unspecified atom stereocenters. The van der Waals surface area contributed by atoms with Crippen molar-refractivity contribution in [1.82, 2.24) is 0 Å². The lowest BCUT2D eigenvalue weighted by molar-refractivity contribution is -0.137. The number of nitrogens with zero attached hydrogens (tertiary/aromatic N) is 1. The van der Waals surface area contributed by atoms with E-state index in [0.29, 0.717) is 13.0 Å². The van der Waals surface area contributed by atoms with Crippen LogP contribution in [-0.4, -0.2) is 29.4 Å². The molecule has 1 rings (SSSR count). The minimum Gasteiger partial charge on any atom is -0.396 e. The highest BCUT2D eigenvalue weighted by atomic mass is 19.4. The quantitative estimate of drug-likeness (QED) is 0.847. The number of hydrogen-bond acceptors (Lipinski definition) is 3. The maximum atomic E-state index is 13.2. The second kappa shape index (κ2) is 6.95. The van der Waals surface area contributed by atoms with Crippen molar-refractivity contribution in [2.75, 3.05) is 18.1 Å². The first-order chi connectivity index (χ1) is 9.31. The summed E-state index contributed by atoms with van der Waals surface area (Å²) >= 11 is 0. The van der Waals surface area contributed by atoms with Crippen molar-refractivity contribution in [1.29, 1.82) is 0 Å². The highest BCUT2D eigenvalue weighted by molar-refractivity contribution is 5.57. The minimum atomic E-state index is -4.48. The second-order valence-electron chi connectivity index (χ2n) is 4.87. The molecule has 0 radical (unpaired) electrons. The number of rotatable bonds is 6. The highest BCUT2D eigenvalue weighted by Crippen LogP contribution is 2.38. The van der Waals surface area contributed by atoms with Crippen molar-refractivity contribution in [2.45, 2.75) is 39.1 Å². The summed E-state index contributed by atoms with van der Waals surface area (Å²) in [4.78, 5) is 1.61. The predicted molar refractivity (Wildman–Crippen MR) is 71.6 cm³/mol. The molecule has 0 amide bonds. The van der Waals surface area contributed by atoms with Crippen LogP contribution in [0.4, 0.5) is 18.9 Å². The molecule has 0 atom stereocenters. The van der Waals surface area contributed by atoms with Crippen LogP contribution in [0, 0.1) is 0 Å². The molecule has 0 fully saturated rings. The van der Waals surface area contributed by atoms with E-state index < -0.39 is 18.3 Å². The molecular weight excluding hydrogens is 271 g/mol. The summed E-state index contributed by atoms with van der Waals surface area (Å²) in [6.45, 7) is 3.45. The Hall–Kier alpha value is -1.27. The smallest absolute Gasteiger partial charge is 0.396 e. The predicted octanol–water partition coefficient (Wildman–Crippen LogP) is 2.79. The van der Waals surface area contributed by atoms with Crippen molar-refractivity contribution in [3.8, 4) is 0 Å². The molecule has 0 saturated carbocycles. The summed E-state index contributed by atoms with van der Waals surface area (Å²) in [5.74, 6) is 0. The molecule has 0 aliphatic carbocycles. The van der Waals surface area contributed by atoms with Gasteiger partial charge in [-0.3, -0.25) is 0 Å². The van der Waals surface area contributed by atoms with Gasteiger partial charge in [0.05, 0.1) is 12.2 Å². The molecule has 0 aromatic heterocycles. The maximum Gasteiger partial charge on any atom is 0.418 e. The molecule has 0 aliphatic heterocycles. The second-order valence-corrected chi connectivity index (χ2v) is 4.87. The number of anilines is 1. The number of alkyl halides is 3. The standard InChI is InChI=1S/C14H20F3NO2/c1-10(2)18(6-3-7-19)13-5-4-11(9-20)8-12(13)14(15,16)17/h4-5,8,10,19-20H,3,6-7,9H2,1-2H3. The zero-order valence-corrected chi connectivity index (χ0v) is 11.6. The Morgan fingerprint density at radius 2 is 1.85 bits per heavy atom. The Morgan fingerprint density at radius 3 is 2.30 bits per heavy atom. The molecule has 1 aromatic carbocycles. The van der Waals surface area contributed by atoms with E-state index in [-0.39, 0.29) is 23.9 Å². The fourth-order valence-electron chi connectivity index (χ4n) is 2.06. The van der Waals surface area contributed by atoms with Crippen LogP contribution >= 0.6 is 0 Å². The minimum absolute atomic E-state index is 0.0701. The third-order valence-electron chi connectivity index (χ3n) is 3.04. The van der Waals surface area contributed by atoms with Crippen molar-refractivity contribution < 1.29 is 23.4 Å². The molecule has 3 nitrogen and oxygen atoms in total. The van der Waals surface area contributed by atoms with E-state index in [2.05, 4.69) is 0 Å². The largest absolute Gasteiger partial charge is 0.418 e. The van der Waals surface area contributed by atoms with Gasteiger partial charge in [0.1, 0.15) is 0 Å². The van der Waals surface area contributed by atoms with Crippen LogP contribution in [0.5, 0.6) is 0 Å². The first-order valence-electron chi connectivity index (χ1n) is 6.49. The van der Waals surface area contributed by atoms with E-state index in [0.717, 1.165) is 6.07 Å². The van der Waals surface area contributed by atoms with E-state index in [9.17, 15) is 13.2 Å². The number of benzene rings is 1. The van der Waals surface area contributed by atoms with Crippen LogP contribution in [0.3, 0.4) is 0 Å². The molecule has 0 aliphatic rings. The van der Waals surface area contributed by atoms with Crippen LogP contribution in [0.15, 0.2) is 18.2 Å². The Morgan fingerprint density at radius 1 is 1.20 bits per heavy atom. The Kier molecular flexibility index (Phi) is 5.83. The third kappa shape index (κ3) is 4.11. The molecule has 0 bridgehead atoms. The van der Waals surface area contributed by atoms with Crippen molar-refractivity contribution in [3.05, 3.63) is 29.3 Å². The van der Waals surface area contributed by atoms with E-state index in [4.69, 9.17) is 10.2 Å². The van der Waals surface area contributed by atoms with Gasteiger partial charge in [-0.15, -0.1) is 0 Å².